The molecule has 0 bridgehead atoms. The second-order valence-electron chi connectivity index (χ2n) is 6.67. The van der Waals surface area contributed by atoms with Crippen LogP contribution in [0.2, 0.25) is 0 Å². The summed E-state index contributed by atoms with van der Waals surface area (Å²) in [6, 6.07) is 1.90. The van der Waals surface area contributed by atoms with E-state index in [4.69, 9.17) is 4.98 Å². The van der Waals surface area contributed by atoms with Crippen molar-refractivity contribution >= 4 is 22.8 Å². The van der Waals surface area contributed by atoms with Crippen LogP contribution in [0, 0.1) is 0 Å². The Morgan fingerprint density at radius 1 is 1.22 bits per heavy atom. The van der Waals surface area contributed by atoms with Crippen molar-refractivity contribution in [2.24, 2.45) is 0 Å². The molecule has 1 saturated heterocycles. The zero-order chi connectivity index (χ0) is 16.0. The third-order valence-corrected chi connectivity index (χ3v) is 4.55. The molecule has 120 valence electrons. The van der Waals surface area contributed by atoms with Crippen LogP contribution < -0.4 is 4.90 Å². The normalized spacial score (nSPS) is 17.7. The first-order chi connectivity index (χ1) is 11.1. The molecule has 1 aliphatic heterocycles. The van der Waals surface area contributed by atoms with Gasteiger partial charge in [0, 0.05) is 44.7 Å². The molecule has 0 atom stereocenters. The van der Waals surface area contributed by atoms with Crippen LogP contribution in [0.3, 0.4) is 0 Å². The smallest absolute Gasteiger partial charge is 0.257 e. The van der Waals surface area contributed by atoms with E-state index in [0.29, 0.717) is 17.1 Å². The lowest BCUT2D eigenvalue weighted by Gasteiger charge is -2.21. The van der Waals surface area contributed by atoms with Crippen molar-refractivity contribution in [1.82, 2.24) is 19.9 Å². The van der Waals surface area contributed by atoms with Crippen molar-refractivity contribution in [3.63, 3.8) is 0 Å². The van der Waals surface area contributed by atoms with Crippen LogP contribution >= 0.6 is 0 Å². The molecule has 2 aliphatic rings. The lowest BCUT2D eigenvalue weighted by Crippen LogP contribution is -2.27. The molecule has 0 aromatic carbocycles. The molecular formula is C17H21N5O. The Kier molecular flexibility index (Phi) is 3.39. The number of hydrogen-bond acceptors (Lipinski definition) is 5. The van der Waals surface area contributed by atoms with E-state index in [2.05, 4.69) is 14.9 Å². The summed E-state index contributed by atoms with van der Waals surface area (Å²) in [6.07, 6.45) is 6.44. The van der Waals surface area contributed by atoms with Gasteiger partial charge < -0.3 is 9.80 Å². The van der Waals surface area contributed by atoms with Crippen LogP contribution in [0.1, 0.15) is 47.8 Å². The van der Waals surface area contributed by atoms with Gasteiger partial charge in [0.05, 0.1) is 5.56 Å². The SMILES string of the molecule is CN(C)C(=O)c1cc2cnc(C3CC3)nc2nc1N1CCCC1. The highest BCUT2D eigenvalue weighted by atomic mass is 16.2. The third-order valence-electron chi connectivity index (χ3n) is 4.55. The minimum absolute atomic E-state index is 0.0208. The largest absolute Gasteiger partial charge is 0.356 e. The van der Waals surface area contributed by atoms with Gasteiger partial charge in [0.2, 0.25) is 0 Å². The highest BCUT2D eigenvalue weighted by molar-refractivity contribution is 6.01. The second kappa shape index (κ2) is 5.44. The Morgan fingerprint density at radius 2 is 1.96 bits per heavy atom. The molecule has 0 spiro atoms. The van der Waals surface area contributed by atoms with Gasteiger partial charge >= 0.3 is 0 Å². The quantitative estimate of drug-likeness (QED) is 0.869. The fourth-order valence-electron chi connectivity index (χ4n) is 3.07. The second-order valence-corrected chi connectivity index (χ2v) is 6.67. The maximum Gasteiger partial charge on any atom is 0.257 e. The summed E-state index contributed by atoms with van der Waals surface area (Å²) in [6.45, 7) is 1.90. The molecule has 1 aliphatic carbocycles. The first kappa shape index (κ1) is 14.4. The van der Waals surface area contributed by atoms with Crippen molar-refractivity contribution in [2.75, 3.05) is 32.1 Å². The number of rotatable bonds is 3. The number of pyridine rings is 1. The topological polar surface area (TPSA) is 62.2 Å². The average molecular weight is 311 g/mol. The van der Waals surface area contributed by atoms with Crippen LogP contribution in [0.5, 0.6) is 0 Å². The Hall–Kier alpha value is -2.24. The molecule has 0 radical (unpaired) electrons. The summed E-state index contributed by atoms with van der Waals surface area (Å²) in [4.78, 5) is 30.2. The van der Waals surface area contributed by atoms with Gasteiger partial charge in [-0.2, -0.15) is 0 Å². The molecule has 1 saturated carbocycles. The van der Waals surface area contributed by atoms with Crippen LogP contribution in [0.4, 0.5) is 5.82 Å². The third kappa shape index (κ3) is 2.62. The van der Waals surface area contributed by atoms with Crippen molar-refractivity contribution < 1.29 is 4.79 Å². The Bertz CT molecular complexity index is 763. The van der Waals surface area contributed by atoms with Gasteiger partial charge in [-0.15, -0.1) is 0 Å². The Balaban J connectivity index is 1.85. The fourth-order valence-corrected chi connectivity index (χ4v) is 3.07. The van der Waals surface area contributed by atoms with Crippen molar-refractivity contribution in [3.8, 4) is 0 Å². The fraction of sp³-hybridized carbons (Fsp3) is 0.529. The summed E-state index contributed by atoms with van der Waals surface area (Å²) in [5, 5.41) is 0.836. The molecule has 2 fully saturated rings. The number of carbonyl (C=O) groups is 1. The maximum atomic E-state index is 12.6. The molecular weight excluding hydrogens is 290 g/mol. The van der Waals surface area contributed by atoms with Gasteiger partial charge in [0.1, 0.15) is 11.6 Å². The van der Waals surface area contributed by atoms with Gasteiger partial charge in [-0.25, -0.2) is 15.0 Å². The molecule has 4 rings (SSSR count). The summed E-state index contributed by atoms with van der Waals surface area (Å²) in [5.41, 5.74) is 1.35. The Labute approximate surface area is 135 Å². The van der Waals surface area contributed by atoms with E-state index in [1.807, 2.05) is 12.3 Å². The first-order valence-electron chi connectivity index (χ1n) is 8.28. The van der Waals surface area contributed by atoms with E-state index >= 15 is 0 Å². The average Bonchev–Trinajstić information content (AvgIpc) is 3.27. The van der Waals surface area contributed by atoms with E-state index < -0.39 is 0 Å². The minimum atomic E-state index is -0.0208. The number of fused-ring (bicyclic) bond motifs is 1. The molecule has 6 heteroatoms. The summed E-state index contributed by atoms with van der Waals surface area (Å²) in [5.74, 6) is 2.14. The standard InChI is InChI=1S/C17H21N5O/c1-21(2)17(23)13-9-12-10-18-14(11-5-6-11)19-15(12)20-16(13)22-7-3-4-8-22/h9-11H,3-8H2,1-2H3. The highest BCUT2D eigenvalue weighted by Gasteiger charge is 2.28. The van der Waals surface area contributed by atoms with E-state index in [1.54, 1.807) is 19.0 Å². The number of anilines is 1. The monoisotopic (exact) mass is 311 g/mol. The number of hydrogen-bond donors (Lipinski definition) is 0. The molecule has 1 amide bonds. The van der Waals surface area contributed by atoms with Gasteiger partial charge in [0.15, 0.2) is 5.65 Å². The summed E-state index contributed by atoms with van der Waals surface area (Å²) >= 11 is 0. The zero-order valence-electron chi connectivity index (χ0n) is 13.6. The molecule has 2 aromatic heterocycles. The lowest BCUT2D eigenvalue weighted by atomic mass is 10.1. The van der Waals surface area contributed by atoms with Gasteiger partial charge in [-0.3, -0.25) is 4.79 Å². The number of carbonyl (C=O) groups excluding carboxylic acids is 1. The highest BCUT2D eigenvalue weighted by Crippen LogP contribution is 2.38. The Morgan fingerprint density at radius 3 is 2.61 bits per heavy atom. The summed E-state index contributed by atoms with van der Waals surface area (Å²) < 4.78 is 0. The van der Waals surface area contributed by atoms with Crippen molar-refractivity contribution in [2.45, 2.75) is 31.6 Å². The number of aromatic nitrogens is 3. The predicted octanol–water partition coefficient (Wildman–Crippen LogP) is 2.20. The number of nitrogens with zero attached hydrogens (tertiary/aromatic N) is 5. The van der Waals surface area contributed by atoms with E-state index in [1.165, 1.54) is 12.8 Å². The van der Waals surface area contributed by atoms with Crippen molar-refractivity contribution in [1.29, 1.82) is 0 Å². The summed E-state index contributed by atoms with van der Waals surface area (Å²) in [7, 11) is 3.54. The van der Waals surface area contributed by atoms with Crippen LogP contribution in [-0.4, -0.2) is 52.9 Å². The molecule has 6 nitrogen and oxygen atoms in total. The van der Waals surface area contributed by atoms with Gasteiger partial charge in [-0.1, -0.05) is 0 Å². The van der Waals surface area contributed by atoms with Gasteiger partial charge in [-0.05, 0) is 31.7 Å². The molecule has 3 heterocycles. The van der Waals surface area contributed by atoms with Crippen LogP contribution in [0.25, 0.3) is 11.0 Å². The first-order valence-corrected chi connectivity index (χ1v) is 8.28. The molecule has 23 heavy (non-hydrogen) atoms. The molecule has 2 aromatic rings. The van der Waals surface area contributed by atoms with Crippen LogP contribution in [-0.2, 0) is 0 Å². The van der Waals surface area contributed by atoms with E-state index in [0.717, 1.165) is 43.0 Å². The zero-order valence-corrected chi connectivity index (χ0v) is 13.6. The predicted molar refractivity (Wildman–Crippen MR) is 88.8 cm³/mol. The lowest BCUT2D eigenvalue weighted by molar-refractivity contribution is 0.0828. The molecule has 0 N–H and O–H groups in total. The van der Waals surface area contributed by atoms with Gasteiger partial charge in [0.25, 0.3) is 5.91 Å². The maximum absolute atomic E-state index is 12.6. The van der Waals surface area contributed by atoms with Crippen LogP contribution in [0.15, 0.2) is 12.3 Å². The van der Waals surface area contributed by atoms with E-state index in [-0.39, 0.29) is 5.91 Å². The minimum Gasteiger partial charge on any atom is -0.356 e. The van der Waals surface area contributed by atoms with E-state index in [9.17, 15) is 4.79 Å². The number of amides is 1. The molecule has 0 unspecified atom stereocenters. The van der Waals surface area contributed by atoms with Crippen molar-refractivity contribution in [3.05, 3.63) is 23.7 Å².